The number of anilines is 2. The second-order valence-corrected chi connectivity index (χ2v) is 13.8. The lowest BCUT2D eigenvalue weighted by molar-refractivity contribution is 0.109. The minimum Gasteiger partial charge on any atom is -0.493 e. The Bertz CT molecular complexity index is 1480. The average molecular weight is 589 g/mol. The molecule has 2 saturated carbocycles. The number of benzene rings is 1. The first-order chi connectivity index (χ1) is 19.1. The largest absolute Gasteiger partial charge is 0.493 e. The highest BCUT2D eigenvalue weighted by Gasteiger charge is 2.39. The van der Waals surface area contributed by atoms with Crippen LogP contribution in [-0.2, 0) is 14.6 Å². The smallest absolute Gasteiger partial charge is 0.407 e. The molecule has 0 aliphatic heterocycles. The number of thiazole rings is 1. The number of amides is 1. The maximum Gasteiger partial charge on any atom is 0.407 e. The molecule has 1 aromatic carbocycles. The van der Waals surface area contributed by atoms with Gasteiger partial charge in [-0.15, -0.1) is 11.3 Å². The van der Waals surface area contributed by atoms with Crippen LogP contribution in [0.25, 0.3) is 10.4 Å². The summed E-state index contributed by atoms with van der Waals surface area (Å²) >= 11 is 1.51. The van der Waals surface area contributed by atoms with Gasteiger partial charge in [0.2, 0.25) is 0 Å². The summed E-state index contributed by atoms with van der Waals surface area (Å²) < 4.78 is 51.0. The average Bonchev–Trinajstić information content (AvgIpc) is 3.68. The number of rotatable bonds is 9. The highest BCUT2D eigenvalue weighted by molar-refractivity contribution is 7.92. The number of carbonyl (C=O) groups is 1. The van der Waals surface area contributed by atoms with Gasteiger partial charge in [-0.2, -0.15) is 0 Å². The van der Waals surface area contributed by atoms with Crippen LogP contribution in [0.4, 0.5) is 20.7 Å². The van der Waals surface area contributed by atoms with Crippen LogP contribution >= 0.6 is 11.3 Å². The Morgan fingerprint density at radius 1 is 1.07 bits per heavy atom. The molecule has 0 saturated heterocycles. The Balaban J connectivity index is 1.36. The molecule has 9 nitrogen and oxygen atoms in total. The minimum atomic E-state index is -3.55. The highest BCUT2D eigenvalue weighted by atomic mass is 32.2. The van der Waals surface area contributed by atoms with Crippen LogP contribution < -0.4 is 15.4 Å². The summed E-state index contributed by atoms with van der Waals surface area (Å²) in [5.74, 6) is 0.215. The molecule has 214 valence electrons. The van der Waals surface area contributed by atoms with Crippen molar-refractivity contribution in [3.63, 3.8) is 0 Å². The number of ether oxygens (including phenoxy) is 2. The number of carbonyl (C=O) groups excluding carboxylic acids is 1. The SMILES string of the molecule is COc1cc(F)cnc1Nc1ccc(-c2cnc(C3CCC(NC(=O)OC(C)C)CC3)s2)c(S(=O)(=O)C2CC2)c1. The van der Waals surface area contributed by atoms with Crippen molar-refractivity contribution in [1.29, 1.82) is 0 Å². The third-order valence-electron chi connectivity index (χ3n) is 7.08. The van der Waals surface area contributed by atoms with E-state index in [1.165, 1.54) is 24.5 Å². The molecule has 2 aliphatic carbocycles. The van der Waals surface area contributed by atoms with Crippen molar-refractivity contribution in [1.82, 2.24) is 15.3 Å². The zero-order valence-electron chi connectivity index (χ0n) is 22.6. The molecule has 2 aliphatic rings. The molecule has 3 aromatic rings. The predicted octanol–water partition coefficient (Wildman–Crippen LogP) is 6.19. The maximum absolute atomic E-state index is 13.6. The molecule has 40 heavy (non-hydrogen) atoms. The van der Waals surface area contributed by atoms with E-state index in [1.807, 2.05) is 13.8 Å². The molecule has 1 amide bonds. The van der Waals surface area contributed by atoms with Gasteiger partial charge in [0.05, 0.1) is 39.4 Å². The minimum absolute atomic E-state index is 0.0754. The number of nitrogens with zero attached hydrogens (tertiary/aromatic N) is 2. The quantitative estimate of drug-likeness (QED) is 0.304. The molecule has 5 rings (SSSR count). The topological polar surface area (TPSA) is 120 Å². The standard InChI is InChI=1S/C28H33FN4O5S2/c1-16(2)38-28(34)33-19-6-4-17(5-7-19)27-31-15-24(39-27)22-11-8-20(13-25(22)40(35,36)21-9-10-21)32-26-23(37-3)12-18(29)14-30-26/h8,11-17,19,21H,4-7,9-10H2,1-3H3,(H,30,32)(H,33,34). The Labute approximate surface area is 237 Å². The van der Waals surface area contributed by atoms with Gasteiger partial charge in [-0.3, -0.25) is 0 Å². The van der Waals surface area contributed by atoms with E-state index in [0.29, 0.717) is 24.1 Å². The Kier molecular flexibility index (Phi) is 8.27. The zero-order chi connectivity index (χ0) is 28.4. The number of nitrogens with one attached hydrogen (secondary N) is 2. The normalized spacial score (nSPS) is 19.3. The third kappa shape index (κ3) is 6.38. The molecule has 2 heterocycles. The summed E-state index contributed by atoms with van der Waals surface area (Å²) in [4.78, 5) is 21.7. The lowest BCUT2D eigenvalue weighted by Crippen LogP contribution is -2.38. The van der Waals surface area contributed by atoms with Gasteiger partial charge in [-0.25, -0.2) is 27.6 Å². The van der Waals surface area contributed by atoms with E-state index in [-0.39, 0.29) is 40.6 Å². The van der Waals surface area contributed by atoms with E-state index in [4.69, 9.17) is 9.47 Å². The van der Waals surface area contributed by atoms with Crippen LogP contribution in [0, 0.1) is 5.82 Å². The first-order valence-corrected chi connectivity index (χ1v) is 15.8. The first kappa shape index (κ1) is 28.3. The molecule has 2 N–H and O–H groups in total. The van der Waals surface area contributed by atoms with Crippen molar-refractivity contribution in [2.45, 2.75) is 80.6 Å². The molecule has 0 unspecified atom stereocenters. The van der Waals surface area contributed by atoms with Gasteiger partial charge < -0.3 is 20.1 Å². The third-order valence-corrected chi connectivity index (χ3v) is 10.6. The van der Waals surface area contributed by atoms with Gasteiger partial charge in [0.25, 0.3) is 0 Å². The summed E-state index contributed by atoms with van der Waals surface area (Å²) in [5, 5.41) is 6.59. The molecule has 2 fully saturated rings. The number of aromatic nitrogens is 2. The summed E-state index contributed by atoms with van der Waals surface area (Å²) in [6, 6.07) is 6.46. The van der Waals surface area contributed by atoms with Gasteiger partial charge in [0.15, 0.2) is 21.4 Å². The monoisotopic (exact) mass is 588 g/mol. The highest BCUT2D eigenvalue weighted by Crippen LogP contribution is 2.43. The van der Waals surface area contributed by atoms with Crippen LogP contribution in [0.5, 0.6) is 5.75 Å². The van der Waals surface area contributed by atoms with Crippen molar-refractivity contribution in [3.8, 4) is 16.2 Å². The van der Waals surface area contributed by atoms with E-state index in [2.05, 4.69) is 20.6 Å². The number of hydrogen-bond donors (Lipinski definition) is 2. The van der Waals surface area contributed by atoms with Gasteiger partial charge in [-0.1, -0.05) is 6.07 Å². The Morgan fingerprint density at radius 3 is 2.50 bits per heavy atom. The van der Waals surface area contributed by atoms with Gasteiger partial charge >= 0.3 is 6.09 Å². The summed E-state index contributed by atoms with van der Waals surface area (Å²) in [7, 11) is -2.13. The Hall–Kier alpha value is -3.25. The number of hydrogen-bond acceptors (Lipinski definition) is 9. The predicted molar refractivity (Wildman–Crippen MR) is 152 cm³/mol. The number of methoxy groups -OCH3 is 1. The van der Waals surface area contributed by atoms with Crippen molar-refractivity contribution >= 4 is 38.8 Å². The summed E-state index contributed by atoms with van der Waals surface area (Å²) in [6.07, 6.45) is 6.97. The van der Waals surface area contributed by atoms with E-state index >= 15 is 0 Å². The van der Waals surface area contributed by atoms with E-state index in [0.717, 1.165) is 41.8 Å². The molecule has 12 heteroatoms. The number of sulfone groups is 1. The van der Waals surface area contributed by atoms with Crippen molar-refractivity contribution in [3.05, 3.63) is 47.5 Å². The maximum atomic E-state index is 13.6. The molecular weight excluding hydrogens is 555 g/mol. The second-order valence-electron chi connectivity index (χ2n) is 10.5. The number of pyridine rings is 1. The van der Waals surface area contributed by atoms with Gasteiger partial charge in [0, 0.05) is 35.5 Å². The van der Waals surface area contributed by atoms with Crippen molar-refractivity contribution < 1.29 is 27.1 Å². The van der Waals surface area contributed by atoms with Crippen molar-refractivity contribution in [2.75, 3.05) is 12.4 Å². The fourth-order valence-electron chi connectivity index (χ4n) is 4.90. The van der Waals surface area contributed by atoms with E-state index in [9.17, 15) is 17.6 Å². The summed E-state index contributed by atoms with van der Waals surface area (Å²) in [5.41, 5.74) is 1.12. The molecular formula is C28H33FN4O5S2. The first-order valence-electron chi connectivity index (χ1n) is 13.4. The van der Waals surface area contributed by atoms with Crippen molar-refractivity contribution in [2.24, 2.45) is 0 Å². The van der Waals surface area contributed by atoms with Crippen LogP contribution in [-0.4, -0.2) is 49.0 Å². The molecule has 0 bridgehead atoms. The van der Waals surface area contributed by atoms with E-state index in [1.54, 1.807) is 24.4 Å². The van der Waals surface area contributed by atoms with Gasteiger partial charge in [-0.05, 0) is 64.5 Å². The Morgan fingerprint density at radius 2 is 1.82 bits per heavy atom. The molecule has 0 radical (unpaired) electrons. The lowest BCUT2D eigenvalue weighted by Gasteiger charge is -2.28. The second kappa shape index (κ2) is 11.7. The summed E-state index contributed by atoms with van der Waals surface area (Å²) in [6.45, 7) is 3.64. The molecule has 0 spiro atoms. The van der Waals surface area contributed by atoms with Gasteiger partial charge in [0.1, 0.15) is 5.82 Å². The zero-order valence-corrected chi connectivity index (χ0v) is 24.3. The molecule has 2 aromatic heterocycles. The number of alkyl carbamates (subject to hydrolysis) is 1. The number of halogens is 1. The van der Waals surface area contributed by atoms with Crippen LogP contribution in [0.3, 0.4) is 0 Å². The lowest BCUT2D eigenvalue weighted by atomic mass is 9.86. The van der Waals surface area contributed by atoms with Crippen LogP contribution in [0.2, 0.25) is 0 Å². The van der Waals surface area contributed by atoms with E-state index < -0.39 is 20.9 Å². The fourth-order valence-corrected chi connectivity index (χ4v) is 7.99. The van der Waals surface area contributed by atoms with Crippen LogP contribution in [0.15, 0.2) is 41.6 Å². The van der Waals surface area contributed by atoms with Crippen LogP contribution in [0.1, 0.15) is 63.3 Å². The molecule has 0 atom stereocenters. The fraction of sp³-hybridized carbons (Fsp3) is 0.464.